The van der Waals surface area contributed by atoms with Crippen LogP contribution in [0.2, 0.25) is 0 Å². The van der Waals surface area contributed by atoms with Gasteiger partial charge in [0.2, 0.25) is 5.91 Å². The number of hydrogen-bond acceptors (Lipinski definition) is 3. The number of likely N-dealkylation sites (N-methyl/N-ethyl adjacent to an activating group) is 1. The van der Waals surface area contributed by atoms with Gasteiger partial charge < -0.3 is 10.2 Å². The molecule has 0 aromatic carbocycles. The van der Waals surface area contributed by atoms with Gasteiger partial charge in [0.05, 0.1) is 5.56 Å². The topological polar surface area (TPSA) is 62.3 Å². The molecule has 0 atom stereocenters. The van der Waals surface area contributed by atoms with Gasteiger partial charge in [-0.3, -0.25) is 14.6 Å². The van der Waals surface area contributed by atoms with E-state index in [4.69, 9.17) is 0 Å². The first-order valence-electron chi connectivity index (χ1n) is 13.0. The summed E-state index contributed by atoms with van der Waals surface area (Å²) in [7, 11) is 1.72. The van der Waals surface area contributed by atoms with Crippen LogP contribution in [0.1, 0.15) is 68.6 Å². The van der Waals surface area contributed by atoms with Crippen molar-refractivity contribution in [3.05, 3.63) is 103 Å². The zero-order chi connectivity index (χ0) is 26.1. The summed E-state index contributed by atoms with van der Waals surface area (Å²) in [6, 6.07) is 3.47. The van der Waals surface area contributed by atoms with Crippen LogP contribution in [0.25, 0.3) is 0 Å². The molecule has 0 unspecified atom stereocenters. The first kappa shape index (κ1) is 30.6. The Hall–Kier alpha value is -3.47. The molecule has 1 aromatic rings. The van der Waals surface area contributed by atoms with Gasteiger partial charge in [0.25, 0.3) is 5.91 Å². The van der Waals surface area contributed by atoms with E-state index in [1.165, 1.54) is 0 Å². The van der Waals surface area contributed by atoms with E-state index in [0.717, 1.165) is 38.5 Å². The first-order valence-corrected chi connectivity index (χ1v) is 13.0. The number of carbonyl (C=O) groups is 2. The molecule has 0 bridgehead atoms. The van der Waals surface area contributed by atoms with Crippen LogP contribution in [0.5, 0.6) is 0 Å². The lowest BCUT2D eigenvalue weighted by atomic mass is 10.2. The first-order chi connectivity index (χ1) is 17.6. The molecule has 0 aliphatic carbocycles. The highest BCUT2D eigenvalue weighted by molar-refractivity contribution is 5.93. The maximum atomic E-state index is 12.2. The molecule has 5 nitrogen and oxygen atoms in total. The van der Waals surface area contributed by atoms with Crippen LogP contribution >= 0.6 is 0 Å². The molecule has 0 aliphatic rings. The van der Waals surface area contributed by atoms with Crippen LogP contribution in [0.3, 0.4) is 0 Å². The molecule has 0 aliphatic heterocycles. The molecule has 0 fully saturated rings. The molecule has 0 spiro atoms. The zero-order valence-electron chi connectivity index (χ0n) is 22.0. The van der Waals surface area contributed by atoms with E-state index in [1.807, 2.05) is 6.08 Å². The van der Waals surface area contributed by atoms with Crippen LogP contribution in [0.15, 0.2) is 97.4 Å². The van der Waals surface area contributed by atoms with Gasteiger partial charge in [-0.1, -0.05) is 79.8 Å². The van der Waals surface area contributed by atoms with Gasteiger partial charge in [0.15, 0.2) is 0 Å². The maximum Gasteiger partial charge on any atom is 0.255 e. The fraction of sp³-hybridized carbons (Fsp3) is 0.387. The van der Waals surface area contributed by atoms with Crippen LogP contribution in [0.4, 0.5) is 0 Å². The fourth-order valence-corrected chi connectivity index (χ4v) is 3.12. The number of pyridine rings is 1. The summed E-state index contributed by atoms with van der Waals surface area (Å²) in [5.74, 6) is -0.105. The summed E-state index contributed by atoms with van der Waals surface area (Å²) in [5.41, 5.74) is 0.545. The smallest absolute Gasteiger partial charge is 0.255 e. The Morgan fingerprint density at radius 3 is 1.86 bits per heavy atom. The second-order valence-corrected chi connectivity index (χ2v) is 8.27. The van der Waals surface area contributed by atoms with Gasteiger partial charge in [-0.05, 0) is 57.1 Å². The standard InChI is InChI=1S/C31H43N3O2/c1-3-4-5-6-7-8-9-10-11-12-13-14-15-16-17-18-19-20-21-24-30(35)33-26-27-34(2)31(36)29-23-22-25-32-28-29/h4-5,7-8,10-11,13-14,16-17,19-20,22-23,25,28H,3,6,9,12,15,18,21,24,26-27H2,1-2H3,(H,33,35). The number of allylic oxidation sites excluding steroid dienone is 12. The molecule has 1 rings (SSSR count). The van der Waals surface area contributed by atoms with Crippen molar-refractivity contribution in [2.45, 2.75) is 58.3 Å². The van der Waals surface area contributed by atoms with E-state index < -0.39 is 0 Å². The minimum Gasteiger partial charge on any atom is -0.354 e. The van der Waals surface area contributed by atoms with E-state index >= 15 is 0 Å². The summed E-state index contributed by atoms with van der Waals surface area (Å²) in [6.07, 6.45) is 36.2. The van der Waals surface area contributed by atoms with E-state index in [2.05, 4.69) is 84.1 Å². The number of carbonyl (C=O) groups excluding carboxylic acids is 2. The second kappa shape index (κ2) is 22.0. The molecule has 2 amide bonds. The van der Waals surface area contributed by atoms with Gasteiger partial charge in [-0.25, -0.2) is 0 Å². The van der Waals surface area contributed by atoms with Crippen molar-refractivity contribution >= 4 is 11.8 Å². The van der Waals surface area contributed by atoms with Gasteiger partial charge in [0.1, 0.15) is 0 Å². The van der Waals surface area contributed by atoms with Crippen molar-refractivity contribution in [2.75, 3.05) is 20.1 Å². The second-order valence-electron chi connectivity index (χ2n) is 8.27. The van der Waals surface area contributed by atoms with Crippen LogP contribution < -0.4 is 5.32 Å². The van der Waals surface area contributed by atoms with Gasteiger partial charge in [-0.2, -0.15) is 0 Å². The minimum atomic E-state index is -0.102. The maximum absolute atomic E-state index is 12.2. The number of amides is 2. The summed E-state index contributed by atoms with van der Waals surface area (Å²) >= 11 is 0. The van der Waals surface area contributed by atoms with Crippen molar-refractivity contribution in [1.29, 1.82) is 0 Å². The highest BCUT2D eigenvalue weighted by Crippen LogP contribution is 2.01. The highest BCUT2D eigenvalue weighted by atomic mass is 16.2. The van der Waals surface area contributed by atoms with Crippen molar-refractivity contribution in [2.24, 2.45) is 0 Å². The summed E-state index contributed by atoms with van der Waals surface area (Å²) in [5, 5.41) is 2.86. The molecule has 194 valence electrons. The third-order valence-corrected chi connectivity index (χ3v) is 5.16. The average molecular weight is 490 g/mol. The van der Waals surface area contributed by atoms with Crippen molar-refractivity contribution in [3.8, 4) is 0 Å². The predicted octanol–water partition coefficient (Wildman–Crippen LogP) is 6.75. The molecule has 1 aromatic heterocycles. The Bertz CT molecular complexity index is 896. The largest absolute Gasteiger partial charge is 0.354 e. The molecule has 1 N–H and O–H groups in total. The highest BCUT2D eigenvalue weighted by Gasteiger charge is 2.11. The summed E-state index contributed by atoms with van der Waals surface area (Å²) < 4.78 is 0. The Morgan fingerprint density at radius 2 is 1.36 bits per heavy atom. The summed E-state index contributed by atoms with van der Waals surface area (Å²) in [6.45, 7) is 3.04. The molecule has 5 heteroatoms. The third-order valence-electron chi connectivity index (χ3n) is 5.16. The average Bonchev–Trinajstić information content (AvgIpc) is 2.90. The van der Waals surface area contributed by atoms with Crippen molar-refractivity contribution in [3.63, 3.8) is 0 Å². The van der Waals surface area contributed by atoms with Gasteiger partial charge in [-0.15, -0.1) is 0 Å². The third kappa shape index (κ3) is 17.0. The molecule has 1 heterocycles. The molecular formula is C31H43N3O2. The van der Waals surface area contributed by atoms with E-state index in [9.17, 15) is 9.59 Å². The lowest BCUT2D eigenvalue weighted by Gasteiger charge is -2.17. The van der Waals surface area contributed by atoms with Gasteiger partial charge >= 0.3 is 0 Å². The van der Waals surface area contributed by atoms with Crippen molar-refractivity contribution < 1.29 is 9.59 Å². The van der Waals surface area contributed by atoms with Crippen LogP contribution in [0, 0.1) is 0 Å². The lowest BCUT2D eigenvalue weighted by Crippen LogP contribution is -2.36. The fourth-order valence-electron chi connectivity index (χ4n) is 3.12. The van der Waals surface area contributed by atoms with E-state index in [0.29, 0.717) is 31.5 Å². The predicted molar refractivity (Wildman–Crippen MR) is 152 cm³/mol. The van der Waals surface area contributed by atoms with E-state index in [-0.39, 0.29) is 11.8 Å². The number of aromatic nitrogens is 1. The van der Waals surface area contributed by atoms with Gasteiger partial charge in [0, 0.05) is 39.0 Å². The minimum absolute atomic E-state index is 0.00300. The van der Waals surface area contributed by atoms with Crippen LogP contribution in [-0.4, -0.2) is 41.8 Å². The molecule has 0 saturated carbocycles. The number of nitrogens with one attached hydrogen (secondary N) is 1. The van der Waals surface area contributed by atoms with Crippen LogP contribution in [-0.2, 0) is 4.79 Å². The Morgan fingerprint density at radius 1 is 0.833 bits per heavy atom. The molecule has 0 saturated heterocycles. The number of nitrogens with zero attached hydrogens (tertiary/aromatic N) is 2. The quantitative estimate of drug-likeness (QED) is 0.232. The Balaban J connectivity index is 2.01. The molecule has 36 heavy (non-hydrogen) atoms. The van der Waals surface area contributed by atoms with Crippen molar-refractivity contribution in [1.82, 2.24) is 15.2 Å². The SMILES string of the molecule is CCC=CCC=CCC=CCC=CCC=CCC=CCCC(=O)NCCN(C)C(=O)c1cccnc1. The Kier molecular flexibility index (Phi) is 18.7. The Labute approximate surface area is 218 Å². The lowest BCUT2D eigenvalue weighted by molar-refractivity contribution is -0.121. The zero-order valence-corrected chi connectivity index (χ0v) is 22.0. The van der Waals surface area contributed by atoms with E-state index in [1.54, 1.807) is 36.5 Å². The normalized spacial score (nSPS) is 12.3. The molecule has 0 radical (unpaired) electrons. The number of rotatable bonds is 18. The summed E-state index contributed by atoms with van der Waals surface area (Å²) in [4.78, 5) is 29.7. The molecular weight excluding hydrogens is 446 g/mol. The monoisotopic (exact) mass is 489 g/mol. The number of hydrogen-bond donors (Lipinski definition) is 1.